The van der Waals surface area contributed by atoms with Crippen LogP contribution in [-0.4, -0.2) is 71.6 Å². The van der Waals surface area contributed by atoms with Gasteiger partial charge in [-0.25, -0.2) is 31.9 Å². The van der Waals surface area contributed by atoms with Crippen molar-refractivity contribution in [1.29, 1.82) is 0 Å². The first-order chi connectivity index (χ1) is 20.0. The Morgan fingerprint density at radius 1 is 1.10 bits per heavy atom. The van der Waals surface area contributed by atoms with Gasteiger partial charge in [0.15, 0.2) is 11.6 Å². The molecule has 0 spiro atoms. The number of piperazine rings is 1. The van der Waals surface area contributed by atoms with Gasteiger partial charge in [-0.05, 0) is 26.0 Å². The molecule has 2 aliphatic rings. The van der Waals surface area contributed by atoms with E-state index in [0.29, 0.717) is 38.7 Å². The number of rotatable bonds is 6. The average molecular weight is 590 g/mol. The summed E-state index contributed by atoms with van der Waals surface area (Å²) in [6, 6.07) is 1.75. The molecule has 1 saturated heterocycles. The molecule has 0 saturated carbocycles. The second-order valence-corrected chi connectivity index (χ2v) is 10.3. The molecule has 2 aromatic heterocycles. The Bertz CT molecular complexity index is 1580. The van der Waals surface area contributed by atoms with E-state index in [-0.39, 0.29) is 35.5 Å². The lowest BCUT2D eigenvalue weighted by molar-refractivity contribution is 0.101. The number of carbonyl (C=O) groups excluding carboxylic acids is 1. The zero-order chi connectivity index (χ0) is 30.1. The van der Waals surface area contributed by atoms with Crippen LogP contribution in [-0.2, 0) is 0 Å². The quantitative estimate of drug-likeness (QED) is 0.416. The van der Waals surface area contributed by atoms with Crippen molar-refractivity contribution in [2.75, 3.05) is 54.9 Å². The highest BCUT2D eigenvalue weighted by atomic mass is 19.3. The van der Waals surface area contributed by atoms with Gasteiger partial charge < -0.3 is 25.0 Å². The summed E-state index contributed by atoms with van der Waals surface area (Å²) < 4.78 is 73.0. The highest BCUT2D eigenvalue weighted by molar-refractivity contribution is 6.07. The lowest BCUT2D eigenvalue weighted by Gasteiger charge is -2.40. The number of anilines is 3. The molecule has 0 bridgehead atoms. The minimum atomic E-state index is -3.15. The number of alkyl halides is 2. The van der Waals surface area contributed by atoms with Gasteiger partial charge in [-0.1, -0.05) is 6.08 Å². The average Bonchev–Trinajstić information content (AvgIpc) is 2.96. The number of hydrogen-bond acceptors (Lipinski definition) is 7. The molecule has 14 heteroatoms. The van der Waals surface area contributed by atoms with Crippen molar-refractivity contribution >= 4 is 28.8 Å². The predicted octanol–water partition coefficient (Wildman–Crippen LogP) is 4.21. The molecule has 0 aliphatic carbocycles. The number of aromatic amines is 1. The summed E-state index contributed by atoms with van der Waals surface area (Å²) in [6.45, 7) is 3.71. The smallest absolute Gasteiger partial charge is 0.264 e. The standard InChI is InChI=1S/C28H28F5N7O2/c1-15-13-39(7-6-38(15)2)21-9-20(30)23(16-4-3-5-40(14-16)28-35-10-17(29)11-36-28)24(31)25(21)37-27(42)19-12-34-22(41)8-18(19)26(32)33/h4,8-12,15,26H,3,5-7,13-14H2,1-2H3,(H,34,41)(H,37,42). The first-order valence-electron chi connectivity index (χ1n) is 13.2. The van der Waals surface area contributed by atoms with Crippen LogP contribution in [0.25, 0.3) is 5.57 Å². The van der Waals surface area contributed by atoms with E-state index >= 15 is 8.78 Å². The van der Waals surface area contributed by atoms with E-state index in [0.717, 1.165) is 24.7 Å². The van der Waals surface area contributed by atoms with Gasteiger partial charge in [0.25, 0.3) is 12.3 Å². The largest absolute Gasteiger partial charge is 0.367 e. The van der Waals surface area contributed by atoms with Gasteiger partial charge in [0, 0.05) is 62.7 Å². The van der Waals surface area contributed by atoms with E-state index < -0.39 is 52.0 Å². The summed E-state index contributed by atoms with van der Waals surface area (Å²) in [6.07, 6.45) is 1.71. The Kier molecular flexibility index (Phi) is 8.25. The highest BCUT2D eigenvalue weighted by Crippen LogP contribution is 2.39. The lowest BCUT2D eigenvalue weighted by atomic mass is 9.97. The number of likely N-dealkylation sites (N-methyl/N-ethyl adjacent to an activating group) is 1. The van der Waals surface area contributed by atoms with Crippen LogP contribution in [0.3, 0.4) is 0 Å². The number of halogens is 5. The molecule has 3 aromatic rings. The molecule has 42 heavy (non-hydrogen) atoms. The molecule has 2 N–H and O–H groups in total. The van der Waals surface area contributed by atoms with E-state index in [9.17, 15) is 22.8 Å². The third-order valence-corrected chi connectivity index (χ3v) is 7.53. The maximum Gasteiger partial charge on any atom is 0.264 e. The van der Waals surface area contributed by atoms with Crippen molar-refractivity contribution in [1.82, 2.24) is 19.9 Å². The summed E-state index contributed by atoms with van der Waals surface area (Å²) in [7, 11) is 1.92. The van der Waals surface area contributed by atoms with Crippen LogP contribution < -0.4 is 20.7 Å². The second-order valence-electron chi connectivity index (χ2n) is 10.3. The normalized spacial score (nSPS) is 17.9. The van der Waals surface area contributed by atoms with Crippen molar-refractivity contribution in [3.05, 3.63) is 81.3 Å². The number of carbonyl (C=O) groups is 1. The molecular weight excluding hydrogens is 561 g/mol. The molecule has 1 aromatic carbocycles. The Morgan fingerprint density at radius 2 is 1.83 bits per heavy atom. The fraction of sp³-hybridized carbons (Fsp3) is 0.357. The number of nitrogens with zero attached hydrogens (tertiary/aromatic N) is 5. The first-order valence-corrected chi connectivity index (χ1v) is 13.2. The number of benzene rings is 1. The highest BCUT2D eigenvalue weighted by Gasteiger charge is 2.31. The van der Waals surface area contributed by atoms with Crippen molar-refractivity contribution in [3.8, 4) is 0 Å². The van der Waals surface area contributed by atoms with E-state index in [4.69, 9.17) is 0 Å². The minimum absolute atomic E-state index is 0.00674. The van der Waals surface area contributed by atoms with Crippen LogP contribution in [0.15, 0.2) is 41.6 Å². The summed E-state index contributed by atoms with van der Waals surface area (Å²) in [4.78, 5) is 40.4. The second kappa shape index (κ2) is 11.9. The fourth-order valence-electron chi connectivity index (χ4n) is 5.15. The Balaban J connectivity index is 1.57. The van der Waals surface area contributed by atoms with Crippen LogP contribution in [0, 0.1) is 17.5 Å². The van der Waals surface area contributed by atoms with E-state index in [1.807, 2.05) is 14.0 Å². The van der Waals surface area contributed by atoms with Crippen molar-refractivity contribution < 1.29 is 26.7 Å². The van der Waals surface area contributed by atoms with Crippen LogP contribution >= 0.6 is 0 Å². The molecule has 1 amide bonds. The summed E-state index contributed by atoms with van der Waals surface area (Å²) in [5.41, 5.74) is -2.68. The number of nitrogens with one attached hydrogen (secondary N) is 2. The summed E-state index contributed by atoms with van der Waals surface area (Å²) >= 11 is 0. The number of aromatic nitrogens is 3. The van der Waals surface area contributed by atoms with Gasteiger partial charge in [0.1, 0.15) is 11.5 Å². The van der Waals surface area contributed by atoms with Crippen LogP contribution in [0.4, 0.5) is 39.3 Å². The molecule has 1 atom stereocenters. The zero-order valence-electron chi connectivity index (χ0n) is 22.8. The van der Waals surface area contributed by atoms with Crippen LogP contribution in [0.5, 0.6) is 0 Å². The number of H-pyrrole nitrogens is 1. The number of amides is 1. The third kappa shape index (κ3) is 5.84. The number of hydrogen-bond donors (Lipinski definition) is 2. The molecule has 1 unspecified atom stereocenters. The van der Waals surface area contributed by atoms with E-state index in [1.165, 1.54) is 0 Å². The van der Waals surface area contributed by atoms with E-state index in [2.05, 4.69) is 25.2 Å². The van der Waals surface area contributed by atoms with Crippen molar-refractivity contribution in [3.63, 3.8) is 0 Å². The summed E-state index contributed by atoms with van der Waals surface area (Å²) in [5.74, 6) is -3.51. The molecule has 222 valence electrons. The summed E-state index contributed by atoms with van der Waals surface area (Å²) in [5, 5.41) is 2.39. The monoisotopic (exact) mass is 589 g/mol. The lowest BCUT2D eigenvalue weighted by Crippen LogP contribution is -2.50. The van der Waals surface area contributed by atoms with E-state index in [1.54, 1.807) is 15.9 Å². The first kappa shape index (κ1) is 29.2. The molecule has 5 rings (SSSR count). The fourth-order valence-corrected chi connectivity index (χ4v) is 5.15. The van der Waals surface area contributed by atoms with Gasteiger partial charge in [-0.2, -0.15) is 0 Å². The maximum absolute atomic E-state index is 16.5. The Morgan fingerprint density at radius 3 is 2.52 bits per heavy atom. The van der Waals surface area contributed by atoms with Gasteiger partial charge >= 0.3 is 0 Å². The molecule has 9 nitrogen and oxygen atoms in total. The molecule has 1 fully saturated rings. The number of pyridine rings is 1. The molecular formula is C28H28F5N7O2. The Hall–Kier alpha value is -4.33. The van der Waals surface area contributed by atoms with Gasteiger partial charge in [-0.15, -0.1) is 0 Å². The van der Waals surface area contributed by atoms with Crippen LogP contribution in [0.2, 0.25) is 0 Å². The maximum atomic E-state index is 16.5. The SMILES string of the molecule is CC1CN(c2cc(F)c(C3=CCCN(c4ncc(F)cn4)C3)c(F)c2NC(=O)c2c[nH]c(=O)cc2C(F)F)CCN1C. The topological polar surface area (TPSA) is 97.5 Å². The predicted molar refractivity (Wildman–Crippen MR) is 147 cm³/mol. The molecule has 2 aliphatic heterocycles. The van der Waals surface area contributed by atoms with Gasteiger partial charge in [0.2, 0.25) is 11.5 Å². The minimum Gasteiger partial charge on any atom is -0.367 e. The zero-order valence-corrected chi connectivity index (χ0v) is 22.8. The van der Waals surface area contributed by atoms with Crippen molar-refractivity contribution in [2.45, 2.75) is 25.8 Å². The molecule has 0 radical (unpaired) electrons. The Labute approximate surface area is 237 Å². The third-order valence-electron chi connectivity index (χ3n) is 7.53. The van der Waals surface area contributed by atoms with Crippen molar-refractivity contribution in [2.24, 2.45) is 0 Å². The van der Waals surface area contributed by atoms with Gasteiger partial charge in [0.05, 0.1) is 29.2 Å². The van der Waals surface area contributed by atoms with Crippen LogP contribution in [0.1, 0.15) is 41.3 Å². The molecule has 4 heterocycles. The van der Waals surface area contributed by atoms with Gasteiger partial charge in [-0.3, -0.25) is 9.59 Å².